The summed E-state index contributed by atoms with van der Waals surface area (Å²) in [6.07, 6.45) is 0. The Balaban J connectivity index is 2.21. The van der Waals surface area contributed by atoms with E-state index in [2.05, 4.69) is 37.9 Å². The van der Waals surface area contributed by atoms with Gasteiger partial charge in [-0.25, -0.2) is 4.39 Å². The van der Waals surface area contributed by atoms with E-state index in [4.69, 9.17) is 0 Å². The molecule has 1 aliphatic rings. The molecule has 4 heteroatoms. The average Bonchev–Trinajstić information content (AvgIpc) is 2.35. The highest BCUT2D eigenvalue weighted by Crippen LogP contribution is 2.30. The Labute approximate surface area is 126 Å². The molecule has 0 radical (unpaired) electrons. The predicted molar refractivity (Wildman–Crippen MR) is 87.1 cm³/mol. The maximum Gasteiger partial charge on any atom is 0.123 e. The third kappa shape index (κ3) is 4.13. The molecule has 1 fully saturated rings. The van der Waals surface area contributed by atoms with Gasteiger partial charge in [0.2, 0.25) is 0 Å². The number of nitrogens with one attached hydrogen (secondary N) is 1. The maximum absolute atomic E-state index is 13.5. The fourth-order valence-corrected chi connectivity index (χ4v) is 4.02. The molecule has 0 aliphatic carbocycles. The fraction of sp³-hybridized carbons (Fsp3) is 0.625. The highest BCUT2D eigenvalue weighted by molar-refractivity contribution is 8.00. The molecule has 2 atom stereocenters. The van der Waals surface area contributed by atoms with Crippen molar-refractivity contribution in [2.24, 2.45) is 0 Å². The minimum absolute atomic E-state index is 0.151. The lowest BCUT2D eigenvalue weighted by Gasteiger charge is -2.37. The van der Waals surface area contributed by atoms with Gasteiger partial charge in [0.15, 0.2) is 0 Å². The molecular weight excluding hydrogens is 271 g/mol. The number of nitrogens with zero attached hydrogens (tertiary/aromatic N) is 1. The van der Waals surface area contributed by atoms with Crippen LogP contribution in [0.25, 0.3) is 0 Å². The quantitative estimate of drug-likeness (QED) is 0.913. The smallest absolute Gasteiger partial charge is 0.123 e. The molecule has 1 heterocycles. The molecule has 0 amide bonds. The van der Waals surface area contributed by atoms with E-state index in [1.54, 1.807) is 12.1 Å². The van der Waals surface area contributed by atoms with Gasteiger partial charge in [-0.05, 0) is 23.8 Å². The average molecular weight is 296 g/mol. The number of anilines is 1. The second-order valence-electron chi connectivity index (χ2n) is 5.97. The van der Waals surface area contributed by atoms with Crippen molar-refractivity contribution in [3.05, 3.63) is 29.6 Å². The summed E-state index contributed by atoms with van der Waals surface area (Å²) in [7, 11) is 0. The first-order valence-electron chi connectivity index (χ1n) is 7.38. The van der Waals surface area contributed by atoms with Crippen LogP contribution in [-0.2, 0) is 6.54 Å². The third-order valence-corrected chi connectivity index (χ3v) is 4.73. The van der Waals surface area contributed by atoms with Gasteiger partial charge in [-0.15, -0.1) is 0 Å². The molecule has 20 heavy (non-hydrogen) atoms. The van der Waals surface area contributed by atoms with Crippen molar-refractivity contribution in [1.29, 1.82) is 0 Å². The van der Waals surface area contributed by atoms with E-state index in [-0.39, 0.29) is 5.82 Å². The summed E-state index contributed by atoms with van der Waals surface area (Å²) >= 11 is 2.04. The van der Waals surface area contributed by atoms with Crippen molar-refractivity contribution >= 4 is 17.4 Å². The molecule has 1 N–H and O–H groups in total. The summed E-state index contributed by atoms with van der Waals surface area (Å²) in [5, 5.41) is 4.63. The molecule has 2 unspecified atom stereocenters. The Morgan fingerprint density at radius 3 is 2.55 bits per heavy atom. The highest BCUT2D eigenvalue weighted by atomic mass is 32.2. The van der Waals surface area contributed by atoms with E-state index in [0.717, 1.165) is 25.2 Å². The summed E-state index contributed by atoms with van der Waals surface area (Å²) < 4.78 is 13.5. The van der Waals surface area contributed by atoms with Crippen molar-refractivity contribution in [3.63, 3.8) is 0 Å². The van der Waals surface area contributed by atoms with Crippen LogP contribution in [-0.4, -0.2) is 29.6 Å². The minimum Gasteiger partial charge on any atom is -0.369 e. The lowest BCUT2D eigenvalue weighted by molar-refractivity contribution is 0.579. The van der Waals surface area contributed by atoms with Gasteiger partial charge < -0.3 is 10.2 Å². The van der Waals surface area contributed by atoms with E-state index in [9.17, 15) is 4.39 Å². The van der Waals surface area contributed by atoms with Gasteiger partial charge in [0.1, 0.15) is 5.82 Å². The second-order valence-corrected chi connectivity index (χ2v) is 7.85. The standard InChI is InChI=1S/C16H25FN2S/c1-11(2)18-8-14-7-15(17)5-6-16(14)19-9-12(3)20-13(4)10-19/h5-7,11-13,18H,8-10H2,1-4H3. The van der Waals surface area contributed by atoms with Crippen LogP contribution in [0.5, 0.6) is 0 Å². The molecule has 1 aromatic rings. The maximum atomic E-state index is 13.5. The summed E-state index contributed by atoms with van der Waals surface area (Å²) in [5.41, 5.74) is 2.24. The number of benzene rings is 1. The van der Waals surface area contributed by atoms with Crippen LogP contribution in [0.2, 0.25) is 0 Å². The van der Waals surface area contributed by atoms with Gasteiger partial charge in [0.25, 0.3) is 0 Å². The number of hydrogen-bond donors (Lipinski definition) is 1. The molecule has 112 valence electrons. The van der Waals surface area contributed by atoms with Crippen molar-refractivity contribution in [2.75, 3.05) is 18.0 Å². The third-order valence-electron chi connectivity index (χ3n) is 3.50. The van der Waals surface area contributed by atoms with Crippen molar-refractivity contribution < 1.29 is 4.39 Å². The summed E-state index contributed by atoms with van der Waals surface area (Å²) in [5.74, 6) is -0.151. The van der Waals surface area contributed by atoms with Crippen LogP contribution >= 0.6 is 11.8 Å². The molecule has 1 aliphatic heterocycles. The molecular formula is C16H25FN2S. The molecule has 2 nitrogen and oxygen atoms in total. The van der Waals surface area contributed by atoms with Gasteiger partial charge in [-0.3, -0.25) is 0 Å². The van der Waals surface area contributed by atoms with E-state index in [1.807, 2.05) is 17.8 Å². The Morgan fingerprint density at radius 1 is 1.30 bits per heavy atom. The minimum atomic E-state index is -0.151. The van der Waals surface area contributed by atoms with Crippen molar-refractivity contribution in [3.8, 4) is 0 Å². The number of halogens is 1. The lowest BCUT2D eigenvalue weighted by Crippen LogP contribution is -2.41. The number of rotatable bonds is 4. The number of thioether (sulfide) groups is 1. The zero-order valence-electron chi connectivity index (χ0n) is 12.8. The normalized spacial score (nSPS) is 23.4. The Kier molecular flexibility index (Phi) is 5.33. The lowest BCUT2D eigenvalue weighted by atomic mass is 10.1. The van der Waals surface area contributed by atoms with Crippen LogP contribution in [0.15, 0.2) is 18.2 Å². The SMILES string of the molecule is CC(C)NCc1cc(F)ccc1N1CC(C)SC(C)C1. The van der Waals surface area contributed by atoms with Gasteiger partial charge in [-0.1, -0.05) is 27.7 Å². The highest BCUT2D eigenvalue weighted by Gasteiger charge is 2.24. The Hall–Kier alpha value is -0.740. The van der Waals surface area contributed by atoms with Crippen LogP contribution in [0, 0.1) is 5.82 Å². The van der Waals surface area contributed by atoms with Crippen molar-refractivity contribution in [1.82, 2.24) is 5.32 Å². The molecule has 1 aromatic carbocycles. The fourth-order valence-electron chi connectivity index (χ4n) is 2.69. The Morgan fingerprint density at radius 2 is 1.95 bits per heavy atom. The van der Waals surface area contributed by atoms with Gasteiger partial charge in [0, 0.05) is 41.9 Å². The topological polar surface area (TPSA) is 15.3 Å². The summed E-state index contributed by atoms with van der Waals surface area (Å²) in [6.45, 7) is 11.6. The predicted octanol–water partition coefficient (Wildman–Crippen LogP) is 3.65. The second kappa shape index (κ2) is 6.81. The van der Waals surface area contributed by atoms with E-state index in [1.165, 1.54) is 5.69 Å². The molecule has 0 bridgehead atoms. The van der Waals surface area contributed by atoms with E-state index < -0.39 is 0 Å². The zero-order chi connectivity index (χ0) is 14.7. The summed E-state index contributed by atoms with van der Waals surface area (Å²) in [4.78, 5) is 2.41. The molecule has 0 saturated carbocycles. The van der Waals surface area contributed by atoms with Crippen molar-refractivity contribution in [2.45, 2.75) is 50.8 Å². The van der Waals surface area contributed by atoms with E-state index in [0.29, 0.717) is 16.5 Å². The van der Waals surface area contributed by atoms with Gasteiger partial charge >= 0.3 is 0 Å². The van der Waals surface area contributed by atoms with Crippen LogP contribution < -0.4 is 10.2 Å². The monoisotopic (exact) mass is 296 g/mol. The molecule has 2 rings (SSSR count). The van der Waals surface area contributed by atoms with Crippen LogP contribution in [0.3, 0.4) is 0 Å². The largest absolute Gasteiger partial charge is 0.369 e. The number of hydrogen-bond acceptors (Lipinski definition) is 3. The van der Waals surface area contributed by atoms with E-state index >= 15 is 0 Å². The first-order chi connectivity index (χ1) is 9.45. The molecule has 0 spiro atoms. The Bertz CT molecular complexity index is 440. The summed E-state index contributed by atoms with van der Waals surface area (Å²) in [6, 6.07) is 5.58. The molecule has 1 saturated heterocycles. The molecule has 0 aromatic heterocycles. The van der Waals surface area contributed by atoms with Gasteiger partial charge in [0.05, 0.1) is 0 Å². The zero-order valence-corrected chi connectivity index (χ0v) is 13.6. The first kappa shape index (κ1) is 15.6. The van der Waals surface area contributed by atoms with Gasteiger partial charge in [-0.2, -0.15) is 11.8 Å². The van der Waals surface area contributed by atoms with Crippen LogP contribution in [0.1, 0.15) is 33.3 Å². The first-order valence-corrected chi connectivity index (χ1v) is 8.32. The van der Waals surface area contributed by atoms with Crippen LogP contribution in [0.4, 0.5) is 10.1 Å².